The number of hydrogen-bond donors (Lipinski definition) is 1. The fourth-order valence-corrected chi connectivity index (χ4v) is 4.42. The van der Waals surface area contributed by atoms with Crippen molar-refractivity contribution < 1.29 is 22.6 Å². The van der Waals surface area contributed by atoms with Gasteiger partial charge >= 0.3 is 6.18 Å². The van der Waals surface area contributed by atoms with Crippen molar-refractivity contribution in [1.82, 2.24) is 14.5 Å². The van der Waals surface area contributed by atoms with E-state index in [1.165, 1.54) is 6.20 Å². The number of fused-ring (bicyclic) bond motifs is 1. The molecule has 2 aromatic rings. The first-order valence-electron chi connectivity index (χ1n) is 8.86. The van der Waals surface area contributed by atoms with Gasteiger partial charge in [-0.15, -0.1) is 0 Å². The Bertz CT molecular complexity index is 923. The third kappa shape index (κ3) is 3.68. The maximum atomic E-state index is 13.0. The molecule has 1 saturated carbocycles. The standard InChI is InChI=1S/C17H17BrF3N5O2/c18-13-14-11(25-12(7-22)26(14)9-17(19,20)21)8-23-15(13)24-10-1-3-16(4-2-10)27-5-6-28-16/h8,10H,1-6,9H2,(H,23,24). The van der Waals surface area contributed by atoms with Gasteiger partial charge in [0.25, 0.3) is 0 Å². The Morgan fingerprint density at radius 2 is 2.00 bits per heavy atom. The number of ether oxygens (including phenoxy) is 2. The molecule has 0 amide bonds. The number of hydrogen-bond acceptors (Lipinski definition) is 6. The number of alkyl halides is 3. The number of nitriles is 1. The molecule has 1 N–H and O–H groups in total. The summed E-state index contributed by atoms with van der Waals surface area (Å²) in [6.45, 7) is -0.0896. The number of nitrogens with one attached hydrogen (secondary N) is 1. The van der Waals surface area contributed by atoms with Gasteiger partial charge in [0.05, 0.1) is 29.4 Å². The minimum Gasteiger partial charge on any atom is -0.366 e. The third-order valence-corrected chi connectivity index (χ3v) is 5.82. The van der Waals surface area contributed by atoms with Crippen molar-refractivity contribution in [3.63, 3.8) is 0 Å². The van der Waals surface area contributed by atoms with Crippen molar-refractivity contribution >= 4 is 32.8 Å². The summed E-state index contributed by atoms with van der Waals surface area (Å²) in [4.78, 5) is 8.25. The van der Waals surface area contributed by atoms with Gasteiger partial charge < -0.3 is 19.4 Å². The summed E-state index contributed by atoms with van der Waals surface area (Å²) in [7, 11) is 0. The highest BCUT2D eigenvalue weighted by Crippen LogP contribution is 2.38. The van der Waals surface area contributed by atoms with Crippen LogP contribution in [0.1, 0.15) is 31.5 Å². The highest BCUT2D eigenvalue weighted by Gasteiger charge is 2.40. The van der Waals surface area contributed by atoms with Gasteiger partial charge in [-0.2, -0.15) is 18.4 Å². The second-order valence-corrected chi connectivity index (χ2v) is 7.72. The summed E-state index contributed by atoms with van der Waals surface area (Å²) in [5.41, 5.74) is 0.426. The van der Waals surface area contributed by atoms with Crippen LogP contribution in [0.3, 0.4) is 0 Å². The van der Waals surface area contributed by atoms with Crippen molar-refractivity contribution in [2.24, 2.45) is 0 Å². The number of anilines is 1. The normalized spacial score (nSPS) is 20.0. The highest BCUT2D eigenvalue weighted by atomic mass is 79.9. The molecule has 2 fully saturated rings. The fourth-order valence-electron chi connectivity index (χ4n) is 3.79. The van der Waals surface area contributed by atoms with Crippen molar-refractivity contribution in [3.05, 3.63) is 16.5 Å². The van der Waals surface area contributed by atoms with Gasteiger partial charge in [-0.25, -0.2) is 9.97 Å². The molecule has 1 aliphatic heterocycles. The van der Waals surface area contributed by atoms with Crippen LogP contribution in [0.15, 0.2) is 10.7 Å². The maximum Gasteiger partial charge on any atom is 0.406 e. The van der Waals surface area contributed by atoms with Crippen molar-refractivity contribution in [2.75, 3.05) is 18.5 Å². The van der Waals surface area contributed by atoms with Gasteiger partial charge in [-0.05, 0) is 28.8 Å². The molecule has 3 heterocycles. The number of aromatic nitrogens is 3. The molecule has 11 heteroatoms. The Kier molecular flexibility index (Phi) is 4.97. The molecule has 150 valence electrons. The van der Waals surface area contributed by atoms with E-state index in [-0.39, 0.29) is 22.9 Å². The molecule has 1 spiro atoms. The summed E-state index contributed by atoms with van der Waals surface area (Å²) in [5.74, 6) is -0.364. The Hall–Kier alpha value is -1.90. The molecular weight excluding hydrogens is 443 g/mol. The van der Waals surface area contributed by atoms with E-state index in [4.69, 9.17) is 14.7 Å². The lowest BCUT2D eigenvalue weighted by Crippen LogP contribution is -2.39. The molecule has 1 aliphatic carbocycles. The number of imidazole rings is 1. The van der Waals surface area contributed by atoms with Crippen LogP contribution in [0.4, 0.5) is 19.0 Å². The van der Waals surface area contributed by atoms with E-state index in [0.29, 0.717) is 23.5 Å². The first kappa shape index (κ1) is 19.4. The van der Waals surface area contributed by atoms with Crippen molar-refractivity contribution in [3.8, 4) is 6.07 Å². The maximum absolute atomic E-state index is 13.0. The number of rotatable bonds is 3. The second kappa shape index (κ2) is 7.17. The summed E-state index contributed by atoms with van der Waals surface area (Å²) in [6, 6.07) is 1.81. The topological polar surface area (TPSA) is 85.0 Å². The quantitative estimate of drug-likeness (QED) is 0.752. The zero-order valence-corrected chi connectivity index (χ0v) is 16.3. The van der Waals surface area contributed by atoms with Crippen LogP contribution in [0.2, 0.25) is 0 Å². The molecule has 0 atom stereocenters. The predicted octanol–water partition coefficient (Wildman–Crippen LogP) is 3.73. The molecule has 0 aromatic carbocycles. The Labute approximate surface area is 167 Å². The lowest BCUT2D eigenvalue weighted by Gasteiger charge is -2.35. The van der Waals surface area contributed by atoms with Crippen LogP contribution in [0.5, 0.6) is 0 Å². The molecule has 2 aromatic heterocycles. The monoisotopic (exact) mass is 459 g/mol. The fraction of sp³-hybridized carbons (Fsp3) is 0.588. The molecular formula is C17H17BrF3N5O2. The molecule has 1 saturated heterocycles. The molecule has 7 nitrogen and oxygen atoms in total. The molecule has 0 unspecified atom stereocenters. The second-order valence-electron chi connectivity index (χ2n) is 6.93. The molecule has 0 bridgehead atoms. The third-order valence-electron chi connectivity index (χ3n) is 5.07. The first-order chi connectivity index (χ1) is 13.3. The Balaban J connectivity index is 1.59. The minimum atomic E-state index is -4.48. The summed E-state index contributed by atoms with van der Waals surface area (Å²) >= 11 is 3.36. The van der Waals surface area contributed by atoms with E-state index in [9.17, 15) is 13.2 Å². The van der Waals surface area contributed by atoms with Gasteiger partial charge in [-0.1, -0.05) is 0 Å². The highest BCUT2D eigenvalue weighted by molar-refractivity contribution is 9.10. The number of halogens is 4. The van der Waals surface area contributed by atoms with Crippen LogP contribution in [-0.4, -0.2) is 45.8 Å². The predicted molar refractivity (Wildman–Crippen MR) is 96.5 cm³/mol. The Morgan fingerprint density at radius 1 is 1.32 bits per heavy atom. The Morgan fingerprint density at radius 3 is 2.61 bits per heavy atom. The van der Waals surface area contributed by atoms with Gasteiger partial charge in [0.15, 0.2) is 5.79 Å². The molecule has 0 radical (unpaired) electrons. The van der Waals surface area contributed by atoms with Crippen LogP contribution in [0.25, 0.3) is 11.0 Å². The van der Waals surface area contributed by atoms with Gasteiger partial charge in [0.2, 0.25) is 5.82 Å². The lowest BCUT2D eigenvalue weighted by molar-refractivity contribution is -0.177. The van der Waals surface area contributed by atoms with Crippen molar-refractivity contribution in [1.29, 1.82) is 5.26 Å². The average Bonchev–Trinajstić information content (AvgIpc) is 3.23. The van der Waals surface area contributed by atoms with E-state index in [1.54, 1.807) is 6.07 Å². The van der Waals surface area contributed by atoms with E-state index < -0.39 is 18.5 Å². The van der Waals surface area contributed by atoms with E-state index >= 15 is 0 Å². The van der Waals surface area contributed by atoms with Crippen molar-refractivity contribution in [2.45, 2.75) is 50.2 Å². The van der Waals surface area contributed by atoms with Gasteiger partial charge in [0.1, 0.15) is 23.9 Å². The summed E-state index contributed by atoms with van der Waals surface area (Å²) < 4.78 is 51.6. The summed E-state index contributed by atoms with van der Waals surface area (Å²) in [5, 5.41) is 12.5. The zero-order valence-electron chi connectivity index (χ0n) is 14.7. The van der Waals surface area contributed by atoms with Crippen LogP contribution in [0, 0.1) is 11.3 Å². The minimum absolute atomic E-state index is 0.0918. The smallest absolute Gasteiger partial charge is 0.366 e. The molecule has 4 rings (SSSR count). The number of nitrogens with zero attached hydrogens (tertiary/aromatic N) is 4. The number of pyridine rings is 1. The summed E-state index contributed by atoms with van der Waals surface area (Å²) in [6.07, 6.45) is -0.0305. The van der Waals surface area contributed by atoms with Crippen LogP contribution in [-0.2, 0) is 16.0 Å². The van der Waals surface area contributed by atoms with E-state index in [1.807, 2.05) is 0 Å². The van der Waals surface area contributed by atoms with Crippen LogP contribution < -0.4 is 5.32 Å². The molecule has 28 heavy (non-hydrogen) atoms. The SMILES string of the molecule is N#Cc1nc2cnc(NC3CCC4(CC3)OCCO4)c(Br)c2n1CC(F)(F)F. The van der Waals surface area contributed by atoms with Gasteiger partial charge in [-0.3, -0.25) is 0 Å². The average molecular weight is 460 g/mol. The molecule has 2 aliphatic rings. The van der Waals surface area contributed by atoms with Crippen LogP contribution >= 0.6 is 15.9 Å². The zero-order chi connectivity index (χ0) is 19.9. The van der Waals surface area contributed by atoms with E-state index in [2.05, 4.69) is 31.2 Å². The first-order valence-corrected chi connectivity index (χ1v) is 9.66. The van der Waals surface area contributed by atoms with E-state index in [0.717, 1.165) is 30.3 Å². The lowest BCUT2D eigenvalue weighted by atomic mass is 9.90. The largest absolute Gasteiger partial charge is 0.406 e. The van der Waals surface area contributed by atoms with Gasteiger partial charge in [0, 0.05) is 18.9 Å².